The number of phenols is 1. The van der Waals surface area contributed by atoms with Crippen LogP contribution in [0.4, 0.5) is 5.69 Å². The van der Waals surface area contributed by atoms with Crippen LogP contribution in [0.2, 0.25) is 5.02 Å². The van der Waals surface area contributed by atoms with Crippen LogP contribution in [0.25, 0.3) is 0 Å². The Morgan fingerprint density at radius 1 is 1.26 bits per heavy atom. The number of hydrogen-bond donors (Lipinski definition) is 2. The zero-order valence-electron chi connectivity index (χ0n) is 10.9. The molecule has 19 heavy (non-hydrogen) atoms. The Morgan fingerprint density at radius 3 is 2.74 bits per heavy atom. The molecule has 0 heterocycles. The standard InChI is InChI=1S/C15H16ClNO2/c1-10-8-11(6-7-14(10)18)17-9-12-13(16)4-3-5-15(12)19-2/h3-8,17-18H,9H2,1-2H3. The van der Waals surface area contributed by atoms with E-state index < -0.39 is 0 Å². The number of halogens is 1. The van der Waals surface area contributed by atoms with Gasteiger partial charge in [-0.3, -0.25) is 0 Å². The van der Waals surface area contributed by atoms with Crippen LogP contribution in [-0.4, -0.2) is 12.2 Å². The van der Waals surface area contributed by atoms with Gasteiger partial charge in [-0.1, -0.05) is 17.7 Å². The molecule has 0 atom stereocenters. The molecule has 4 heteroatoms. The van der Waals surface area contributed by atoms with Crippen LogP contribution in [0.1, 0.15) is 11.1 Å². The number of nitrogens with one attached hydrogen (secondary N) is 1. The Hall–Kier alpha value is -1.87. The molecule has 100 valence electrons. The number of benzene rings is 2. The predicted octanol–water partition coefficient (Wildman–Crippen LogP) is 3.97. The predicted molar refractivity (Wildman–Crippen MR) is 78.2 cm³/mol. The lowest BCUT2D eigenvalue weighted by Crippen LogP contribution is -2.02. The second-order valence-corrected chi connectivity index (χ2v) is 4.68. The van der Waals surface area contributed by atoms with Gasteiger partial charge in [0.25, 0.3) is 0 Å². The number of phenolic OH excluding ortho intramolecular Hbond substituents is 1. The van der Waals surface area contributed by atoms with Crippen LogP contribution in [-0.2, 0) is 6.54 Å². The Labute approximate surface area is 117 Å². The lowest BCUT2D eigenvalue weighted by Gasteiger charge is -2.12. The Kier molecular flexibility index (Phi) is 4.17. The molecule has 0 saturated carbocycles. The zero-order valence-corrected chi connectivity index (χ0v) is 11.7. The molecule has 2 aromatic carbocycles. The van der Waals surface area contributed by atoms with Crippen LogP contribution in [0.15, 0.2) is 36.4 Å². The van der Waals surface area contributed by atoms with Gasteiger partial charge in [0.2, 0.25) is 0 Å². The first-order valence-corrected chi connectivity index (χ1v) is 6.34. The summed E-state index contributed by atoms with van der Waals surface area (Å²) < 4.78 is 5.29. The fourth-order valence-corrected chi connectivity index (χ4v) is 2.09. The quantitative estimate of drug-likeness (QED) is 0.831. The Morgan fingerprint density at radius 2 is 2.05 bits per heavy atom. The van der Waals surface area contributed by atoms with Crippen molar-refractivity contribution in [2.45, 2.75) is 13.5 Å². The number of hydrogen-bond acceptors (Lipinski definition) is 3. The molecule has 0 unspecified atom stereocenters. The Balaban J connectivity index is 2.16. The van der Waals surface area contributed by atoms with Crippen molar-refractivity contribution in [2.24, 2.45) is 0 Å². The van der Waals surface area contributed by atoms with Gasteiger partial charge in [-0.25, -0.2) is 0 Å². The minimum atomic E-state index is 0.292. The summed E-state index contributed by atoms with van der Waals surface area (Å²) >= 11 is 6.17. The Bertz CT molecular complexity index is 584. The first-order valence-electron chi connectivity index (χ1n) is 5.96. The van der Waals surface area contributed by atoms with Crippen molar-refractivity contribution < 1.29 is 9.84 Å². The van der Waals surface area contributed by atoms with Gasteiger partial charge in [0.1, 0.15) is 11.5 Å². The van der Waals surface area contributed by atoms with E-state index in [0.717, 1.165) is 22.6 Å². The summed E-state index contributed by atoms with van der Waals surface area (Å²) in [5, 5.41) is 13.4. The van der Waals surface area contributed by atoms with Crippen molar-refractivity contribution >= 4 is 17.3 Å². The molecule has 0 aromatic heterocycles. The van der Waals surface area contributed by atoms with Gasteiger partial charge in [-0.2, -0.15) is 0 Å². The molecular weight excluding hydrogens is 262 g/mol. The third kappa shape index (κ3) is 3.12. The molecule has 2 N–H and O–H groups in total. The molecule has 2 rings (SSSR count). The van der Waals surface area contributed by atoms with Crippen molar-refractivity contribution in [1.82, 2.24) is 0 Å². The molecule has 0 bridgehead atoms. The highest BCUT2D eigenvalue weighted by Gasteiger charge is 2.07. The summed E-state index contributed by atoms with van der Waals surface area (Å²) in [7, 11) is 1.62. The van der Waals surface area contributed by atoms with E-state index in [9.17, 15) is 5.11 Å². The first-order chi connectivity index (χ1) is 9.11. The van der Waals surface area contributed by atoms with Crippen LogP contribution in [0.3, 0.4) is 0 Å². The zero-order chi connectivity index (χ0) is 13.8. The first kappa shape index (κ1) is 13.6. The highest BCUT2D eigenvalue weighted by atomic mass is 35.5. The van der Waals surface area contributed by atoms with E-state index in [-0.39, 0.29) is 0 Å². The fraction of sp³-hybridized carbons (Fsp3) is 0.200. The number of rotatable bonds is 4. The summed E-state index contributed by atoms with van der Waals surface area (Å²) in [5.74, 6) is 1.05. The normalized spacial score (nSPS) is 10.3. The number of aromatic hydroxyl groups is 1. The lowest BCUT2D eigenvalue weighted by molar-refractivity contribution is 0.410. The third-order valence-corrected chi connectivity index (χ3v) is 3.32. The van der Waals surface area contributed by atoms with Crippen molar-refractivity contribution in [3.8, 4) is 11.5 Å². The summed E-state index contributed by atoms with van der Waals surface area (Å²) in [4.78, 5) is 0. The second-order valence-electron chi connectivity index (χ2n) is 4.28. The molecule has 0 spiro atoms. The van der Waals surface area contributed by atoms with E-state index >= 15 is 0 Å². The van der Waals surface area contributed by atoms with E-state index in [0.29, 0.717) is 17.3 Å². The maximum atomic E-state index is 9.49. The van der Waals surface area contributed by atoms with E-state index in [2.05, 4.69) is 5.32 Å². The summed E-state index contributed by atoms with van der Waals surface area (Å²) in [6.07, 6.45) is 0. The van der Waals surface area contributed by atoms with Crippen molar-refractivity contribution in [2.75, 3.05) is 12.4 Å². The maximum Gasteiger partial charge on any atom is 0.125 e. The van der Waals surface area contributed by atoms with Gasteiger partial charge in [0.15, 0.2) is 0 Å². The van der Waals surface area contributed by atoms with Gasteiger partial charge in [-0.05, 0) is 42.8 Å². The molecule has 0 aliphatic carbocycles. The highest BCUT2D eigenvalue weighted by molar-refractivity contribution is 6.31. The minimum absolute atomic E-state index is 0.292. The van der Waals surface area contributed by atoms with Gasteiger partial charge < -0.3 is 15.2 Å². The average molecular weight is 278 g/mol. The molecule has 0 aliphatic heterocycles. The van der Waals surface area contributed by atoms with Crippen LogP contribution >= 0.6 is 11.6 Å². The minimum Gasteiger partial charge on any atom is -0.508 e. The SMILES string of the molecule is COc1cccc(Cl)c1CNc1ccc(O)c(C)c1. The number of anilines is 1. The van der Waals surface area contributed by atoms with Crippen LogP contribution in [0, 0.1) is 6.92 Å². The monoisotopic (exact) mass is 277 g/mol. The lowest BCUT2D eigenvalue weighted by atomic mass is 10.1. The average Bonchev–Trinajstić information content (AvgIpc) is 2.41. The second kappa shape index (κ2) is 5.85. The van der Waals surface area contributed by atoms with Gasteiger partial charge in [-0.15, -0.1) is 0 Å². The molecule has 0 radical (unpaired) electrons. The molecule has 3 nitrogen and oxygen atoms in total. The van der Waals surface area contributed by atoms with Crippen molar-refractivity contribution in [3.05, 3.63) is 52.5 Å². The molecule has 0 saturated heterocycles. The van der Waals surface area contributed by atoms with E-state index in [1.807, 2.05) is 37.3 Å². The van der Waals surface area contributed by atoms with Gasteiger partial charge in [0.05, 0.1) is 7.11 Å². The largest absolute Gasteiger partial charge is 0.508 e. The van der Waals surface area contributed by atoms with E-state index in [1.54, 1.807) is 13.2 Å². The fourth-order valence-electron chi connectivity index (χ4n) is 1.86. The summed E-state index contributed by atoms with van der Waals surface area (Å²) in [5.41, 5.74) is 2.67. The topological polar surface area (TPSA) is 41.5 Å². The number of methoxy groups -OCH3 is 1. The molecule has 0 amide bonds. The molecule has 0 aliphatic rings. The highest BCUT2D eigenvalue weighted by Crippen LogP contribution is 2.27. The van der Waals surface area contributed by atoms with Gasteiger partial charge in [0, 0.05) is 22.8 Å². The number of ether oxygens (including phenoxy) is 1. The maximum absolute atomic E-state index is 9.49. The van der Waals surface area contributed by atoms with Crippen LogP contribution < -0.4 is 10.1 Å². The molecule has 0 fully saturated rings. The number of aryl methyl sites for hydroxylation is 1. The van der Waals surface area contributed by atoms with Gasteiger partial charge >= 0.3 is 0 Å². The smallest absolute Gasteiger partial charge is 0.125 e. The third-order valence-electron chi connectivity index (χ3n) is 2.96. The summed E-state index contributed by atoms with van der Waals surface area (Å²) in [6, 6.07) is 11.0. The molecular formula is C15H16ClNO2. The van der Waals surface area contributed by atoms with E-state index in [1.165, 1.54) is 0 Å². The molecule has 2 aromatic rings. The van der Waals surface area contributed by atoms with Crippen molar-refractivity contribution in [3.63, 3.8) is 0 Å². The van der Waals surface area contributed by atoms with Crippen molar-refractivity contribution in [1.29, 1.82) is 0 Å². The van der Waals surface area contributed by atoms with Crippen LogP contribution in [0.5, 0.6) is 11.5 Å². The van der Waals surface area contributed by atoms with E-state index in [4.69, 9.17) is 16.3 Å². The summed E-state index contributed by atoms with van der Waals surface area (Å²) in [6.45, 7) is 2.42.